The van der Waals surface area contributed by atoms with E-state index >= 15 is 0 Å². The number of phosphoric acid groups is 1. The molecule has 0 amide bonds. The maximum atomic E-state index is 12.8. The lowest BCUT2D eigenvalue weighted by Crippen LogP contribution is -2.64. The molecule has 0 spiro atoms. The van der Waals surface area contributed by atoms with Crippen LogP contribution < -0.4 is 0 Å². The molecule has 6 unspecified atom stereocenters. The van der Waals surface area contributed by atoms with Crippen LogP contribution >= 0.6 is 7.82 Å². The van der Waals surface area contributed by atoms with Gasteiger partial charge in [-0.2, -0.15) is 0 Å². The Hall–Kier alpha value is -2.45. The number of hydrogen-bond acceptors (Lipinski definition) is 12. The van der Waals surface area contributed by atoms with Crippen molar-refractivity contribution in [2.45, 2.75) is 191 Å². The molecule has 0 radical (unpaired) electrons. The van der Waals surface area contributed by atoms with Gasteiger partial charge < -0.3 is 39.9 Å². The highest BCUT2D eigenvalue weighted by atomic mass is 31.2. The second kappa shape index (κ2) is 34.3. The predicted octanol–water partition coefficient (Wildman–Crippen LogP) is 7.77. The molecule has 0 aliphatic heterocycles. The zero-order chi connectivity index (χ0) is 42.9. The third-order valence-corrected chi connectivity index (χ3v) is 10.6. The van der Waals surface area contributed by atoms with Gasteiger partial charge in [-0.3, -0.25) is 18.6 Å². The van der Waals surface area contributed by atoms with E-state index in [2.05, 4.69) is 56.4 Å². The number of aliphatic hydroxyl groups is 5. The predicted molar refractivity (Wildman–Crippen MR) is 226 cm³/mol. The van der Waals surface area contributed by atoms with Crippen LogP contribution in [0.15, 0.2) is 60.8 Å². The van der Waals surface area contributed by atoms with Crippen molar-refractivity contribution in [2.24, 2.45) is 0 Å². The first-order chi connectivity index (χ1) is 27.9. The van der Waals surface area contributed by atoms with Gasteiger partial charge in [0.1, 0.15) is 43.2 Å². The van der Waals surface area contributed by atoms with Gasteiger partial charge in [0.15, 0.2) is 6.10 Å². The van der Waals surface area contributed by atoms with Crippen molar-refractivity contribution in [1.82, 2.24) is 0 Å². The minimum atomic E-state index is -5.13. The molecular weight excluding hydrogens is 767 g/mol. The monoisotopic (exact) mass is 842 g/mol. The number of carbonyl (C=O) groups excluding carboxylic acids is 2. The van der Waals surface area contributed by atoms with E-state index in [1.54, 1.807) is 0 Å². The van der Waals surface area contributed by atoms with Gasteiger partial charge >= 0.3 is 19.8 Å². The summed E-state index contributed by atoms with van der Waals surface area (Å²) in [6.07, 6.45) is 27.3. The van der Waals surface area contributed by atoms with Crippen LogP contribution in [-0.2, 0) is 32.7 Å². The highest BCUT2D eigenvalue weighted by Crippen LogP contribution is 2.47. The smallest absolute Gasteiger partial charge is 0.462 e. The lowest BCUT2D eigenvalue weighted by molar-refractivity contribution is -0.220. The lowest BCUT2D eigenvalue weighted by Gasteiger charge is -2.41. The minimum absolute atomic E-state index is 0.0278. The molecule has 13 nitrogen and oxygen atoms in total. The first-order valence-corrected chi connectivity index (χ1v) is 23.1. The molecule has 0 saturated heterocycles. The fourth-order valence-electron chi connectivity index (χ4n) is 6.09. The molecule has 1 fully saturated rings. The Labute approximate surface area is 347 Å². The Kier molecular flexibility index (Phi) is 31.7. The number of ether oxygens (including phenoxy) is 2. The van der Waals surface area contributed by atoms with Crippen molar-refractivity contribution in [3.05, 3.63) is 60.8 Å². The zero-order valence-electron chi connectivity index (χ0n) is 35.1. The quantitative estimate of drug-likeness (QED) is 0.0159. The molecule has 8 atom stereocenters. The van der Waals surface area contributed by atoms with Crippen LogP contribution in [0.2, 0.25) is 0 Å². The maximum Gasteiger partial charge on any atom is 0.472 e. The van der Waals surface area contributed by atoms with Crippen LogP contribution in [0.5, 0.6) is 0 Å². The van der Waals surface area contributed by atoms with Gasteiger partial charge in [-0.05, 0) is 51.4 Å². The summed E-state index contributed by atoms with van der Waals surface area (Å²) in [7, 11) is -5.13. The maximum absolute atomic E-state index is 12.8. The van der Waals surface area contributed by atoms with Gasteiger partial charge in [-0.25, -0.2) is 4.57 Å². The van der Waals surface area contributed by atoms with Gasteiger partial charge in [-0.15, -0.1) is 0 Å². The Morgan fingerprint density at radius 1 is 0.534 bits per heavy atom. The number of rotatable bonds is 34. The summed E-state index contributed by atoms with van der Waals surface area (Å²) in [5, 5.41) is 50.0. The number of aliphatic hydroxyl groups excluding tert-OH is 5. The number of carbonyl (C=O) groups is 2. The molecule has 1 saturated carbocycles. The highest BCUT2D eigenvalue weighted by Gasteiger charge is 2.51. The normalized spacial score (nSPS) is 23.1. The highest BCUT2D eigenvalue weighted by molar-refractivity contribution is 7.47. The van der Waals surface area contributed by atoms with Crippen molar-refractivity contribution < 1.29 is 63.1 Å². The van der Waals surface area contributed by atoms with Crippen LogP contribution in [-0.4, -0.2) is 98.3 Å². The number of phosphoric ester groups is 1. The topological polar surface area (TPSA) is 210 Å². The minimum Gasteiger partial charge on any atom is -0.462 e. The molecule has 1 aliphatic rings. The van der Waals surface area contributed by atoms with E-state index < -0.39 is 75.7 Å². The fourth-order valence-corrected chi connectivity index (χ4v) is 7.06. The molecule has 1 aliphatic carbocycles. The Morgan fingerprint density at radius 3 is 1.48 bits per heavy atom. The van der Waals surface area contributed by atoms with Crippen molar-refractivity contribution in [2.75, 3.05) is 13.2 Å². The van der Waals surface area contributed by atoms with Crippen LogP contribution in [0.1, 0.15) is 149 Å². The third-order valence-electron chi connectivity index (χ3n) is 9.63. The SMILES string of the molecule is CCCCC/C=C/C/C=C/C/C=C/C/C=C/C/C=C/CCC(=O)O[C@H](COC(=O)CCCCCCCCCCCC)COP(=O)(O)OC1C(O)C(O)C(O)[C@H](O)C1O. The summed E-state index contributed by atoms with van der Waals surface area (Å²) in [4.78, 5) is 35.5. The second-order valence-electron chi connectivity index (χ2n) is 14.8. The average molecular weight is 843 g/mol. The number of esters is 2. The van der Waals surface area contributed by atoms with E-state index in [4.69, 9.17) is 18.5 Å². The molecule has 0 aromatic carbocycles. The zero-order valence-corrected chi connectivity index (χ0v) is 36.0. The van der Waals surface area contributed by atoms with E-state index in [0.717, 1.165) is 44.9 Å². The summed E-state index contributed by atoms with van der Waals surface area (Å²) < 4.78 is 33.3. The molecule has 0 bridgehead atoms. The van der Waals surface area contributed by atoms with E-state index in [-0.39, 0.29) is 12.8 Å². The van der Waals surface area contributed by atoms with Crippen LogP contribution in [0.25, 0.3) is 0 Å². The molecule has 0 heterocycles. The fraction of sp³-hybridized carbons (Fsp3) is 0.727. The molecular formula is C44H75O13P. The van der Waals surface area contributed by atoms with Crippen molar-refractivity contribution in [3.8, 4) is 0 Å². The van der Waals surface area contributed by atoms with Gasteiger partial charge in [0.2, 0.25) is 0 Å². The summed E-state index contributed by atoms with van der Waals surface area (Å²) in [6, 6.07) is 0. The van der Waals surface area contributed by atoms with Crippen LogP contribution in [0.4, 0.5) is 0 Å². The van der Waals surface area contributed by atoms with Gasteiger partial charge in [-0.1, -0.05) is 145 Å². The van der Waals surface area contributed by atoms with Gasteiger partial charge in [0, 0.05) is 12.8 Å². The Balaban J connectivity index is 2.55. The number of allylic oxidation sites excluding steroid dienone is 10. The van der Waals surface area contributed by atoms with Gasteiger partial charge in [0.05, 0.1) is 6.61 Å². The van der Waals surface area contributed by atoms with Crippen molar-refractivity contribution in [3.63, 3.8) is 0 Å². The van der Waals surface area contributed by atoms with Gasteiger partial charge in [0.25, 0.3) is 0 Å². The van der Waals surface area contributed by atoms with Crippen molar-refractivity contribution >= 4 is 19.8 Å². The average Bonchev–Trinajstić information content (AvgIpc) is 3.20. The first kappa shape index (κ1) is 53.6. The largest absolute Gasteiger partial charge is 0.472 e. The van der Waals surface area contributed by atoms with Crippen molar-refractivity contribution in [1.29, 1.82) is 0 Å². The Morgan fingerprint density at radius 2 is 0.966 bits per heavy atom. The van der Waals surface area contributed by atoms with Crippen LogP contribution in [0.3, 0.4) is 0 Å². The molecule has 1 rings (SSSR count). The summed E-state index contributed by atoms with van der Waals surface area (Å²) >= 11 is 0. The number of unbranched alkanes of at least 4 members (excludes halogenated alkanes) is 12. The standard InChI is InChI=1S/C44H75O13P/c1-3-5-7-9-11-13-15-16-17-18-19-20-21-22-23-25-27-29-31-33-38(46)56-36(34-54-37(45)32-30-28-26-24-14-12-10-8-6-4-2)35-55-58(52,53)57-44-42(50)40(48)39(47)41(49)43(44)51/h11,13,16-17,19-20,22-23,27,29,36,39-44,47-51H,3-10,12,14-15,18,21,24-26,28,30-35H2,1-2H3,(H,52,53)/b13-11+,17-16+,20-19+,23-22+,29-27+/t36-,39?,40+,41?,42?,43?,44?/m1/s1. The van der Waals surface area contributed by atoms with E-state index in [1.807, 2.05) is 18.2 Å². The molecule has 6 N–H and O–H groups in total. The number of hydrogen-bond donors (Lipinski definition) is 6. The summed E-state index contributed by atoms with van der Waals surface area (Å²) in [5.41, 5.74) is 0. The second-order valence-corrected chi connectivity index (χ2v) is 16.3. The van der Waals surface area contributed by atoms with Crippen LogP contribution in [0, 0.1) is 0 Å². The Bertz CT molecular complexity index is 1250. The lowest BCUT2D eigenvalue weighted by atomic mass is 9.85. The van der Waals surface area contributed by atoms with E-state index in [9.17, 15) is 44.6 Å². The molecule has 14 heteroatoms. The first-order valence-electron chi connectivity index (χ1n) is 21.6. The third kappa shape index (κ3) is 26.6. The molecule has 0 aromatic rings. The molecule has 0 aromatic heterocycles. The summed E-state index contributed by atoms with van der Waals surface area (Å²) in [5.74, 6) is -1.20. The van der Waals surface area contributed by atoms with E-state index in [0.29, 0.717) is 19.3 Å². The van der Waals surface area contributed by atoms with E-state index in [1.165, 1.54) is 57.8 Å². The molecule has 58 heavy (non-hydrogen) atoms. The molecule has 334 valence electrons. The summed E-state index contributed by atoms with van der Waals surface area (Å²) in [6.45, 7) is 3.17.